The van der Waals surface area contributed by atoms with Crippen molar-refractivity contribution < 1.29 is 9.90 Å². The van der Waals surface area contributed by atoms with Crippen LogP contribution in [0, 0.1) is 0 Å². The number of pyridine rings is 1. The Balaban J connectivity index is 1.79. The van der Waals surface area contributed by atoms with Crippen LogP contribution in [0.3, 0.4) is 0 Å². The highest BCUT2D eigenvalue weighted by Crippen LogP contribution is 2.33. The van der Waals surface area contributed by atoms with E-state index in [4.69, 9.17) is 5.11 Å². The van der Waals surface area contributed by atoms with Crippen LogP contribution in [0.4, 0.5) is 10.6 Å². The van der Waals surface area contributed by atoms with Crippen LogP contribution in [0.5, 0.6) is 0 Å². The highest BCUT2D eigenvalue weighted by atomic mass is 16.4. The number of nitrogens with zero attached hydrogens (tertiary/aromatic N) is 3. The number of carboxylic acid groups (broad SMARTS) is 1. The quantitative estimate of drug-likeness (QED) is 0.766. The maximum atomic E-state index is 10.9. The molecule has 2 bridgehead atoms. The first-order chi connectivity index (χ1) is 7.75. The summed E-state index contributed by atoms with van der Waals surface area (Å²) in [4.78, 5) is 19.0. The fourth-order valence-corrected chi connectivity index (χ4v) is 2.71. The Hall–Kier alpha value is -1.78. The maximum absolute atomic E-state index is 10.9. The van der Waals surface area contributed by atoms with Crippen molar-refractivity contribution in [2.24, 2.45) is 0 Å². The molecule has 2 aliphatic heterocycles. The van der Waals surface area contributed by atoms with Gasteiger partial charge in [-0.25, -0.2) is 9.78 Å². The van der Waals surface area contributed by atoms with Crippen LogP contribution in [0.25, 0.3) is 0 Å². The maximum Gasteiger partial charge on any atom is 0.407 e. The number of piperazine rings is 1. The summed E-state index contributed by atoms with van der Waals surface area (Å²) in [5, 5.41) is 8.98. The van der Waals surface area contributed by atoms with Gasteiger partial charge in [0.15, 0.2) is 0 Å². The molecule has 16 heavy (non-hydrogen) atoms. The number of aromatic nitrogens is 1. The lowest BCUT2D eigenvalue weighted by Crippen LogP contribution is -2.48. The van der Waals surface area contributed by atoms with Crippen molar-refractivity contribution in [3.05, 3.63) is 24.4 Å². The molecule has 1 N–H and O–H groups in total. The average Bonchev–Trinajstić information content (AvgIpc) is 2.89. The molecule has 2 unspecified atom stereocenters. The summed E-state index contributed by atoms with van der Waals surface area (Å²) in [6, 6.07) is 6.27. The lowest BCUT2D eigenvalue weighted by molar-refractivity contribution is 0.137. The number of fused-ring (bicyclic) bond motifs is 2. The third-order valence-corrected chi connectivity index (χ3v) is 3.43. The fraction of sp³-hybridized carbons (Fsp3) is 0.455. The number of hydrogen-bond donors (Lipinski definition) is 1. The minimum absolute atomic E-state index is 0.143. The molecule has 2 aliphatic rings. The van der Waals surface area contributed by atoms with E-state index in [2.05, 4.69) is 9.88 Å². The van der Waals surface area contributed by atoms with Gasteiger partial charge in [-0.2, -0.15) is 0 Å². The van der Waals surface area contributed by atoms with Gasteiger partial charge < -0.3 is 14.9 Å². The van der Waals surface area contributed by atoms with Crippen molar-refractivity contribution in [2.75, 3.05) is 18.0 Å². The van der Waals surface area contributed by atoms with Crippen LogP contribution in [-0.2, 0) is 0 Å². The molecule has 3 rings (SSSR count). The minimum atomic E-state index is -0.798. The number of likely N-dealkylation sites (tertiary alicyclic amines) is 1. The number of anilines is 1. The van der Waals surface area contributed by atoms with E-state index in [9.17, 15) is 4.79 Å². The molecule has 5 nitrogen and oxygen atoms in total. The second kappa shape index (κ2) is 3.37. The SMILES string of the molecule is O=C(O)N1CC2CC1CN2c1ccccn1. The number of carbonyl (C=O) groups is 1. The standard InChI is InChI=1S/C11H13N3O2/c15-11(16)14-7-8-5-9(14)6-13(8)10-3-1-2-4-12-10/h1-4,8-9H,5-7H2,(H,15,16). The Labute approximate surface area is 93.3 Å². The van der Waals surface area contributed by atoms with E-state index >= 15 is 0 Å². The van der Waals surface area contributed by atoms with Gasteiger partial charge >= 0.3 is 6.09 Å². The largest absolute Gasteiger partial charge is 0.465 e. The van der Waals surface area contributed by atoms with Gasteiger partial charge in [0.2, 0.25) is 0 Å². The van der Waals surface area contributed by atoms with Gasteiger partial charge in [0.05, 0.1) is 12.1 Å². The van der Waals surface area contributed by atoms with E-state index in [1.54, 1.807) is 11.1 Å². The first-order valence-corrected chi connectivity index (χ1v) is 5.43. The predicted molar refractivity (Wildman–Crippen MR) is 58.5 cm³/mol. The van der Waals surface area contributed by atoms with E-state index in [1.165, 1.54) is 0 Å². The van der Waals surface area contributed by atoms with Gasteiger partial charge in [0.1, 0.15) is 5.82 Å². The van der Waals surface area contributed by atoms with Gasteiger partial charge in [-0.05, 0) is 18.6 Å². The van der Waals surface area contributed by atoms with E-state index in [1.807, 2.05) is 18.2 Å². The lowest BCUT2D eigenvalue weighted by atomic mass is 10.2. The van der Waals surface area contributed by atoms with Crippen LogP contribution < -0.4 is 4.90 Å². The van der Waals surface area contributed by atoms with Crippen molar-refractivity contribution in [1.29, 1.82) is 0 Å². The zero-order chi connectivity index (χ0) is 11.1. The highest BCUT2D eigenvalue weighted by Gasteiger charge is 2.45. The minimum Gasteiger partial charge on any atom is -0.465 e. The van der Waals surface area contributed by atoms with Crippen LogP contribution in [0.15, 0.2) is 24.4 Å². The van der Waals surface area contributed by atoms with Crippen LogP contribution in [0.1, 0.15) is 6.42 Å². The molecule has 2 saturated heterocycles. The molecule has 0 aliphatic carbocycles. The molecule has 3 heterocycles. The zero-order valence-electron chi connectivity index (χ0n) is 8.78. The predicted octanol–water partition coefficient (Wildman–Crippen LogP) is 1.02. The lowest BCUT2D eigenvalue weighted by Gasteiger charge is -2.33. The second-order valence-corrected chi connectivity index (χ2v) is 4.32. The van der Waals surface area contributed by atoms with Crippen molar-refractivity contribution in [3.8, 4) is 0 Å². The summed E-state index contributed by atoms with van der Waals surface area (Å²) in [7, 11) is 0. The molecule has 0 aromatic carbocycles. The van der Waals surface area contributed by atoms with E-state index < -0.39 is 6.09 Å². The van der Waals surface area contributed by atoms with E-state index in [0.717, 1.165) is 18.8 Å². The molecular weight excluding hydrogens is 206 g/mol. The zero-order valence-corrected chi connectivity index (χ0v) is 8.78. The topological polar surface area (TPSA) is 56.7 Å². The molecule has 1 amide bonds. The van der Waals surface area contributed by atoms with Crippen LogP contribution in [-0.4, -0.2) is 46.3 Å². The van der Waals surface area contributed by atoms with Crippen LogP contribution >= 0.6 is 0 Å². The third kappa shape index (κ3) is 1.31. The van der Waals surface area contributed by atoms with Gasteiger partial charge in [-0.1, -0.05) is 6.07 Å². The highest BCUT2D eigenvalue weighted by molar-refractivity contribution is 5.67. The molecule has 84 valence electrons. The number of hydrogen-bond acceptors (Lipinski definition) is 3. The summed E-state index contributed by atoms with van der Waals surface area (Å²) in [6.07, 6.45) is 1.91. The monoisotopic (exact) mass is 219 g/mol. The van der Waals surface area contributed by atoms with Gasteiger partial charge in [0.25, 0.3) is 0 Å². The first-order valence-electron chi connectivity index (χ1n) is 5.43. The summed E-state index contributed by atoms with van der Waals surface area (Å²) in [5.74, 6) is 0.958. The van der Waals surface area contributed by atoms with Crippen molar-refractivity contribution in [3.63, 3.8) is 0 Å². The molecule has 0 saturated carbocycles. The molecule has 1 aromatic heterocycles. The second-order valence-electron chi connectivity index (χ2n) is 4.32. The fourth-order valence-electron chi connectivity index (χ4n) is 2.71. The van der Waals surface area contributed by atoms with Gasteiger partial charge in [-0.3, -0.25) is 0 Å². The average molecular weight is 219 g/mol. The summed E-state index contributed by atoms with van der Waals surface area (Å²) in [6.45, 7) is 1.38. The Morgan fingerprint density at radius 1 is 1.38 bits per heavy atom. The van der Waals surface area contributed by atoms with E-state index in [0.29, 0.717) is 12.6 Å². The summed E-state index contributed by atoms with van der Waals surface area (Å²) in [5.41, 5.74) is 0. The Bertz CT molecular complexity index is 409. The molecule has 1 aromatic rings. The van der Waals surface area contributed by atoms with E-state index in [-0.39, 0.29) is 6.04 Å². The van der Waals surface area contributed by atoms with Crippen molar-refractivity contribution >= 4 is 11.9 Å². The Morgan fingerprint density at radius 2 is 2.25 bits per heavy atom. The molecule has 0 radical (unpaired) electrons. The normalized spacial score (nSPS) is 27.5. The third-order valence-electron chi connectivity index (χ3n) is 3.43. The van der Waals surface area contributed by atoms with Crippen molar-refractivity contribution in [2.45, 2.75) is 18.5 Å². The first kappa shape index (κ1) is 9.45. The number of rotatable bonds is 1. The molecular formula is C11H13N3O2. The Morgan fingerprint density at radius 3 is 2.81 bits per heavy atom. The summed E-state index contributed by atoms with van der Waals surface area (Å²) >= 11 is 0. The van der Waals surface area contributed by atoms with Gasteiger partial charge in [-0.15, -0.1) is 0 Å². The number of amides is 1. The van der Waals surface area contributed by atoms with Gasteiger partial charge in [0, 0.05) is 19.3 Å². The molecule has 2 fully saturated rings. The Kier molecular flexibility index (Phi) is 1.99. The molecule has 0 spiro atoms. The summed E-state index contributed by atoms with van der Waals surface area (Å²) < 4.78 is 0. The molecule has 5 heteroatoms. The van der Waals surface area contributed by atoms with Crippen molar-refractivity contribution in [1.82, 2.24) is 9.88 Å². The van der Waals surface area contributed by atoms with Crippen LogP contribution in [0.2, 0.25) is 0 Å². The smallest absolute Gasteiger partial charge is 0.407 e. The molecule has 2 atom stereocenters.